The van der Waals surface area contributed by atoms with Crippen molar-refractivity contribution in [2.24, 2.45) is 10.7 Å². The fourth-order valence-electron chi connectivity index (χ4n) is 1.60. The Kier molecular flexibility index (Phi) is 4.43. The Labute approximate surface area is 124 Å². The minimum absolute atomic E-state index is 0.00384. The van der Waals surface area contributed by atoms with Gasteiger partial charge in [-0.05, 0) is 12.1 Å². The molecule has 1 aromatic carbocycles. The fourth-order valence-corrected chi connectivity index (χ4v) is 2.32. The van der Waals surface area contributed by atoms with Crippen LogP contribution in [0.1, 0.15) is 0 Å². The molecule has 0 radical (unpaired) electrons. The smallest absolute Gasteiger partial charge is 0.328 e. The summed E-state index contributed by atoms with van der Waals surface area (Å²) >= 11 is 0.749. The average Bonchev–Trinajstić information content (AvgIpc) is 2.43. The number of carbonyl (C=O) groups is 3. The first-order chi connectivity index (χ1) is 10.0. The van der Waals surface area contributed by atoms with Gasteiger partial charge in [0.15, 0.2) is 10.4 Å². The number of amides is 4. The molecular formula is C12H12N4O4S. The minimum Gasteiger partial charge on any atom is -0.494 e. The van der Waals surface area contributed by atoms with E-state index in [1.807, 2.05) is 10.6 Å². The van der Waals surface area contributed by atoms with Crippen LogP contribution in [0.3, 0.4) is 0 Å². The molecule has 1 aliphatic rings. The summed E-state index contributed by atoms with van der Waals surface area (Å²) in [4.78, 5) is 38.2. The highest BCUT2D eigenvalue weighted by Gasteiger charge is 2.35. The van der Waals surface area contributed by atoms with Crippen LogP contribution in [0.25, 0.3) is 0 Å². The summed E-state index contributed by atoms with van der Waals surface area (Å²) in [6, 6.07) is 6.06. The van der Waals surface area contributed by atoms with E-state index in [4.69, 9.17) is 10.5 Å². The summed E-state index contributed by atoms with van der Waals surface area (Å²) in [7, 11) is 1.49. The predicted molar refractivity (Wildman–Crippen MR) is 77.3 cm³/mol. The molecular weight excluding hydrogens is 296 g/mol. The fraction of sp³-hybridized carbons (Fsp3) is 0.167. The van der Waals surface area contributed by atoms with Crippen LogP contribution in [0.5, 0.6) is 5.75 Å². The number of nitrogens with one attached hydrogen (secondary N) is 2. The van der Waals surface area contributed by atoms with Crippen molar-refractivity contribution >= 4 is 40.5 Å². The van der Waals surface area contributed by atoms with Crippen LogP contribution in [0.15, 0.2) is 29.3 Å². The highest BCUT2D eigenvalue weighted by Crippen LogP contribution is 2.27. The number of para-hydroxylation sites is 2. The summed E-state index contributed by atoms with van der Waals surface area (Å²) in [6.45, 7) is 0. The number of hydrogen-bond donors (Lipinski definition) is 3. The van der Waals surface area contributed by atoms with Crippen LogP contribution in [0, 0.1) is 0 Å². The summed E-state index contributed by atoms with van der Waals surface area (Å²) in [5, 5.41) is 2.81. The number of barbiturate groups is 1. The Morgan fingerprint density at radius 2 is 1.86 bits per heavy atom. The number of benzene rings is 1. The van der Waals surface area contributed by atoms with Crippen molar-refractivity contribution in [3.05, 3.63) is 24.3 Å². The van der Waals surface area contributed by atoms with Gasteiger partial charge in [0.2, 0.25) is 0 Å². The van der Waals surface area contributed by atoms with Crippen LogP contribution >= 0.6 is 11.8 Å². The van der Waals surface area contributed by atoms with E-state index in [1.165, 1.54) is 7.11 Å². The number of ether oxygens (including phenoxy) is 1. The van der Waals surface area contributed by atoms with Crippen LogP contribution < -0.4 is 21.1 Å². The third-order valence-electron chi connectivity index (χ3n) is 2.50. The number of aliphatic imine (C=N–C) groups is 1. The van der Waals surface area contributed by atoms with Crippen LogP contribution in [-0.2, 0) is 9.59 Å². The Morgan fingerprint density at radius 3 is 2.48 bits per heavy atom. The molecule has 4 N–H and O–H groups in total. The summed E-state index contributed by atoms with van der Waals surface area (Å²) in [6.07, 6.45) is 0. The lowest BCUT2D eigenvalue weighted by Crippen LogP contribution is -2.57. The molecule has 9 heteroatoms. The van der Waals surface area contributed by atoms with Crippen molar-refractivity contribution in [1.82, 2.24) is 10.6 Å². The number of imide groups is 2. The lowest BCUT2D eigenvalue weighted by Gasteiger charge is -2.19. The zero-order chi connectivity index (χ0) is 15.4. The monoisotopic (exact) mass is 308 g/mol. The standard InChI is InChI=1S/C12H12N4O4S/c1-20-7-5-3-2-4-6(7)14-11(13)21-8-9(17)15-12(19)16-10(8)18/h2-5,8H,1H3,(H2,13,14)(H2,15,16,17,18,19). The number of methoxy groups -OCH3 is 1. The maximum atomic E-state index is 11.6. The van der Waals surface area contributed by atoms with Gasteiger partial charge in [0.25, 0.3) is 11.8 Å². The number of thioether (sulfide) groups is 1. The molecule has 0 saturated carbocycles. The zero-order valence-corrected chi connectivity index (χ0v) is 11.8. The molecule has 4 amide bonds. The highest BCUT2D eigenvalue weighted by molar-refractivity contribution is 8.15. The van der Waals surface area contributed by atoms with Crippen LogP contribution in [0.4, 0.5) is 10.5 Å². The van der Waals surface area contributed by atoms with Crippen molar-refractivity contribution in [1.29, 1.82) is 0 Å². The van der Waals surface area contributed by atoms with Crippen molar-refractivity contribution in [2.75, 3.05) is 7.11 Å². The molecule has 2 rings (SSSR count). The molecule has 0 bridgehead atoms. The van der Waals surface area contributed by atoms with Gasteiger partial charge in [-0.15, -0.1) is 0 Å². The quantitative estimate of drug-likeness (QED) is 0.414. The van der Waals surface area contributed by atoms with Crippen molar-refractivity contribution in [3.8, 4) is 5.75 Å². The molecule has 0 atom stereocenters. The molecule has 1 fully saturated rings. The Balaban J connectivity index is 2.15. The van der Waals surface area contributed by atoms with E-state index in [-0.39, 0.29) is 5.17 Å². The molecule has 1 saturated heterocycles. The number of carbonyl (C=O) groups excluding carboxylic acids is 3. The summed E-state index contributed by atoms with van der Waals surface area (Å²) < 4.78 is 5.12. The van der Waals surface area contributed by atoms with Gasteiger partial charge in [-0.1, -0.05) is 23.9 Å². The van der Waals surface area contributed by atoms with E-state index in [9.17, 15) is 14.4 Å². The van der Waals surface area contributed by atoms with Gasteiger partial charge in [-0.25, -0.2) is 9.79 Å². The number of nitrogens with two attached hydrogens (primary N) is 1. The Morgan fingerprint density at radius 1 is 1.24 bits per heavy atom. The van der Waals surface area contributed by atoms with Gasteiger partial charge in [0.05, 0.1) is 7.11 Å². The van der Waals surface area contributed by atoms with Gasteiger partial charge in [-0.2, -0.15) is 0 Å². The van der Waals surface area contributed by atoms with E-state index in [1.54, 1.807) is 24.3 Å². The first-order valence-electron chi connectivity index (χ1n) is 5.81. The second-order valence-corrected chi connectivity index (χ2v) is 5.05. The van der Waals surface area contributed by atoms with Gasteiger partial charge in [-0.3, -0.25) is 20.2 Å². The molecule has 1 aromatic rings. The SMILES string of the molecule is COc1ccccc1N=C(N)SC1C(=O)NC(=O)NC1=O. The molecule has 0 aromatic heterocycles. The second-order valence-electron chi connectivity index (χ2n) is 3.93. The summed E-state index contributed by atoms with van der Waals surface area (Å²) in [5.74, 6) is -0.951. The number of amidine groups is 1. The van der Waals surface area contributed by atoms with Gasteiger partial charge in [0, 0.05) is 0 Å². The molecule has 110 valence electrons. The normalized spacial score (nSPS) is 16.4. The maximum absolute atomic E-state index is 11.6. The van der Waals surface area contributed by atoms with E-state index < -0.39 is 23.1 Å². The van der Waals surface area contributed by atoms with E-state index in [2.05, 4.69) is 4.99 Å². The van der Waals surface area contributed by atoms with Gasteiger partial charge < -0.3 is 10.5 Å². The lowest BCUT2D eigenvalue weighted by molar-refractivity contribution is -0.128. The maximum Gasteiger partial charge on any atom is 0.328 e. The largest absolute Gasteiger partial charge is 0.494 e. The molecule has 1 heterocycles. The molecule has 21 heavy (non-hydrogen) atoms. The van der Waals surface area contributed by atoms with Crippen LogP contribution in [0.2, 0.25) is 0 Å². The Hall–Kier alpha value is -2.55. The third kappa shape index (κ3) is 3.51. The lowest BCUT2D eigenvalue weighted by atomic mass is 10.3. The van der Waals surface area contributed by atoms with Gasteiger partial charge >= 0.3 is 6.03 Å². The molecule has 0 aliphatic carbocycles. The second kappa shape index (κ2) is 6.27. The van der Waals surface area contributed by atoms with Crippen LogP contribution in [-0.4, -0.2) is 35.4 Å². The third-order valence-corrected chi connectivity index (χ3v) is 3.50. The van der Waals surface area contributed by atoms with Crippen molar-refractivity contribution < 1.29 is 19.1 Å². The first kappa shape index (κ1) is 14.9. The number of urea groups is 1. The zero-order valence-electron chi connectivity index (χ0n) is 11.0. The minimum atomic E-state index is -1.17. The number of hydrogen-bond acceptors (Lipinski definition) is 6. The first-order valence-corrected chi connectivity index (χ1v) is 6.68. The Bertz CT molecular complexity index is 611. The van der Waals surface area contributed by atoms with E-state index >= 15 is 0 Å². The van der Waals surface area contributed by atoms with E-state index in [0.717, 1.165) is 11.8 Å². The summed E-state index contributed by atoms with van der Waals surface area (Å²) in [5.41, 5.74) is 6.20. The molecule has 1 aliphatic heterocycles. The highest BCUT2D eigenvalue weighted by atomic mass is 32.2. The van der Waals surface area contributed by atoms with Gasteiger partial charge in [0.1, 0.15) is 11.4 Å². The number of nitrogens with zero attached hydrogens (tertiary/aromatic N) is 1. The number of rotatable bonds is 3. The molecule has 0 spiro atoms. The van der Waals surface area contributed by atoms with Crippen molar-refractivity contribution in [2.45, 2.75) is 5.25 Å². The average molecular weight is 308 g/mol. The van der Waals surface area contributed by atoms with Crippen molar-refractivity contribution in [3.63, 3.8) is 0 Å². The molecule has 8 nitrogen and oxygen atoms in total. The van der Waals surface area contributed by atoms with E-state index in [0.29, 0.717) is 11.4 Å². The predicted octanol–water partition coefficient (Wildman–Crippen LogP) is 0.109. The molecule has 0 unspecified atom stereocenters. The topological polar surface area (TPSA) is 123 Å².